The van der Waals surface area contributed by atoms with Gasteiger partial charge in [0.1, 0.15) is 5.52 Å². The normalized spacial score (nSPS) is 19.4. The maximum atomic E-state index is 13.4. The van der Waals surface area contributed by atoms with Crippen molar-refractivity contribution in [1.29, 1.82) is 0 Å². The van der Waals surface area contributed by atoms with Crippen LogP contribution in [-0.4, -0.2) is 55.7 Å². The molecule has 0 aromatic carbocycles. The third-order valence-electron chi connectivity index (χ3n) is 7.39. The number of carbonyl (C=O) groups excluding carboxylic acids is 1. The first-order chi connectivity index (χ1) is 19.1. The average molecular weight is 559 g/mol. The Hall–Kier alpha value is -3.83. The Morgan fingerprint density at radius 1 is 1.20 bits per heavy atom. The number of ether oxygens (including phenoxy) is 1. The monoisotopic (exact) mass is 558 g/mol. The van der Waals surface area contributed by atoms with Crippen LogP contribution in [0.3, 0.4) is 0 Å². The molecule has 0 saturated heterocycles. The van der Waals surface area contributed by atoms with E-state index in [0.29, 0.717) is 72.0 Å². The number of aromatic nitrogens is 4. The van der Waals surface area contributed by atoms with Gasteiger partial charge in [-0.3, -0.25) is 4.40 Å². The highest BCUT2D eigenvalue weighted by Crippen LogP contribution is 2.34. The van der Waals surface area contributed by atoms with E-state index < -0.39 is 30.7 Å². The largest absolute Gasteiger partial charge is 0.475 e. The molecular weight excluding hydrogens is 525 g/mol. The van der Waals surface area contributed by atoms with Crippen molar-refractivity contribution in [2.24, 2.45) is 0 Å². The van der Waals surface area contributed by atoms with E-state index in [9.17, 15) is 18.0 Å². The van der Waals surface area contributed by atoms with Crippen molar-refractivity contribution in [1.82, 2.24) is 29.6 Å². The summed E-state index contributed by atoms with van der Waals surface area (Å²) in [6, 6.07) is 2.10. The fourth-order valence-electron chi connectivity index (χ4n) is 5.16. The summed E-state index contributed by atoms with van der Waals surface area (Å²) in [6.07, 6.45) is 2.26. The number of fused-ring (bicyclic) bond motifs is 9. The number of aryl methyl sites for hydroxylation is 1. The molecule has 9 nitrogen and oxygen atoms in total. The first-order valence-electron chi connectivity index (χ1n) is 13.6. The van der Waals surface area contributed by atoms with Crippen molar-refractivity contribution in [3.63, 3.8) is 0 Å². The second-order valence-corrected chi connectivity index (χ2v) is 10.2. The summed E-state index contributed by atoms with van der Waals surface area (Å²) in [5, 5.41) is 2.87. The standard InChI is InChI=1S/C28H33F3N6O3/c1-4-36-18(3)22-14-20(24-21(34-22)10-13-39-24)23-16-37-17(2)15-32-25(37)26(35-23)40-12-7-5-6-8-19(33-27(36)38)9-11-28(29,30)31/h10,13-16,18-19H,4-9,11-12H2,1-3H3,(H,33,38)/t18?,19-/m1/s1. The van der Waals surface area contributed by atoms with Crippen LogP contribution in [-0.2, 0) is 0 Å². The zero-order valence-electron chi connectivity index (χ0n) is 22.8. The highest BCUT2D eigenvalue weighted by Gasteiger charge is 2.30. The van der Waals surface area contributed by atoms with Crippen molar-refractivity contribution >= 4 is 22.8 Å². The van der Waals surface area contributed by atoms with Crippen LogP contribution < -0.4 is 10.1 Å². The van der Waals surface area contributed by atoms with Gasteiger partial charge in [-0.1, -0.05) is 6.42 Å². The number of rotatable bonds is 3. The predicted molar refractivity (Wildman–Crippen MR) is 143 cm³/mol. The van der Waals surface area contributed by atoms with Gasteiger partial charge in [-0.05, 0) is 52.5 Å². The number of halogens is 3. The molecule has 0 fully saturated rings. The average Bonchev–Trinajstić information content (AvgIpc) is 3.54. The third kappa shape index (κ3) is 5.85. The molecule has 0 radical (unpaired) electrons. The van der Waals surface area contributed by atoms with Crippen LogP contribution >= 0.6 is 0 Å². The van der Waals surface area contributed by atoms with Gasteiger partial charge in [0.05, 0.1) is 30.3 Å². The van der Waals surface area contributed by atoms with Crippen molar-refractivity contribution in [2.75, 3.05) is 13.2 Å². The Bertz CT molecular complexity index is 1500. The number of carbonyl (C=O) groups is 1. The van der Waals surface area contributed by atoms with Gasteiger partial charge in [0.25, 0.3) is 5.88 Å². The number of urea groups is 1. The number of furan rings is 1. The van der Waals surface area contributed by atoms with E-state index in [1.54, 1.807) is 23.4 Å². The second kappa shape index (κ2) is 11.3. The van der Waals surface area contributed by atoms with Crippen molar-refractivity contribution < 1.29 is 27.1 Å². The Labute approximate surface area is 229 Å². The summed E-state index contributed by atoms with van der Waals surface area (Å²) in [4.78, 5) is 29.0. The van der Waals surface area contributed by atoms with Crippen LogP contribution in [0.4, 0.5) is 18.0 Å². The molecule has 12 heteroatoms. The summed E-state index contributed by atoms with van der Waals surface area (Å²) in [5.41, 5.74) is 4.53. The lowest BCUT2D eigenvalue weighted by Crippen LogP contribution is -2.46. The van der Waals surface area contributed by atoms with E-state index in [4.69, 9.17) is 19.1 Å². The molecule has 2 amide bonds. The molecule has 1 aliphatic heterocycles. The zero-order valence-corrected chi connectivity index (χ0v) is 22.8. The summed E-state index contributed by atoms with van der Waals surface area (Å²) >= 11 is 0. The minimum Gasteiger partial charge on any atom is -0.475 e. The molecule has 1 unspecified atom stereocenters. The van der Waals surface area contributed by atoms with E-state index in [2.05, 4.69) is 10.3 Å². The molecule has 4 aromatic heterocycles. The molecule has 5 heterocycles. The zero-order chi connectivity index (χ0) is 28.4. The SMILES string of the molecule is CCN1C(=O)N[C@@H](CCC(F)(F)F)CCCCCOc2nc(cn3c(C)cnc23)-c2cc(nc3ccoc23)C1C. The summed E-state index contributed by atoms with van der Waals surface area (Å²) in [5.74, 6) is 0.385. The number of hydrogen-bond acceptors (Lipinski definition) is 6. The fourth-order valence-corrected chi connectivity index (χ4v) is 5.16. The summed E-state index contributed by atoms with van der Waals surface area (Å²) in [6.45, 7) is 6.34. The molecule has 0 spiro atoms. The van der Waals surface area contributed by atoms with Crippen LogP contribution in [0.15, 0.2) is 35.2 Å². The highest BCUT2D eigenvalue weighted by atomic mass is 19.4. The van der Waals surface area contributed by atoms with Gasteiger partial charge < -0.3 is 19.4 Å². The van der Waals surface area contributed by atoms with Crippen molar-refractivity contribution in [2.45, 2.75) is 77.6 Å². The quantitative estimate of drug-likeness (QED) is 0.304. The van der Waals surface area contributed by atoms with Gasteiger partial charge >= 0.3 is 12.2 Å². The molecule has 5 rings (SSSR count). The molecule has 0 saturated carbocycles. The van der Waals surface area contributed by atoms with E-state index in [0.717, 1.165) is 12.1 Å². The minimum atomic E-state index is -4.29. The Morgan fingerprint density at radius 3 is 2.80 bits per heavy atom. The Balaban J connectivity index is 1.58. The molecule has 214 valence electrons. The van der Waals surface area contributed by atoms with E-state index in [-0.39, 0.29) is 6.42 Å². The van der Waals surface area contributed by atoms with Crippen molar-refractivity contribution in [3.8, 4) is 17.1 Å². The summed E-state index contributed by atoms with van der Waals surface area (Å²) < 4.78 is 52.9. The van der Waals surface area contributed by atoms with Crippen molar-refractivity contribution in [3.05, 3.63) is 42.2 Å². The van der Waals surface area contributed by atoms with Gasteiger partial charge in [-0.25, -0.2) is 19.7 Å². The number of amides is 2. The van der Waals surface area contributed by atoms with E-state index >= 15 is 0 Å². The lowest BCUT2D eigenvalue weighted by molar-refractivity contribution is -0.136. The maximum Gasteiger partial charge on any atom is 0.389 e. The molecule has 1 N–H and O–H groups in total. The van der Waals surface area contributed by atoms with Gasteiger partial charge in [-0.15, -0.1) is 0 Å². The number of hydrogen-bond donors (Lipinski definition) is 1. The number of nitrogens with zero attached hydrogens (tertiary/aromatic N) is 5. The van der Waals surface area contributed by atoms with E-state index in [1.807, 2.05) is 37.4 Å². The Morgan fingerprint density at radius 2 is 2.02 bits per heavy atom. The fraction of sp³-hybridized carbons (Fsp3) is 0.500. The first-order valence-corrected chi connectivity index (χ1v) is 13.6. The van der Waals surface area contributed by atoms with Gasteiger partial charge in [0.15, 0.2) is 5.58 Å². The molecule has 2 atom stereocenters. The molecule has 4 bridgehead atoms. The van der Waals surface area contributed by atoms with Crippen LogP contribution in [0, 0.1) is 6.92 Å². The highest BCUT2D eigenvalue weighted by molar-refractivity contribution is 5.89. The molecule has 1 aliphatic rings. The minimum absolute atomic E-state index is 0.173. The summed E-state index contributed by atoms with van der Waals surface area (Å²) in [7, 11) is 0. The number of imidazole rings is 1. The van der Waals surface area contributed by atoms with Crippen LogP contribution in [0.25, 0.3) is 28.0 Å². The molecular formula is C28H33F3N6O3. The van der Waals surface area contributed by atoms with Crippen LogP contribution in [0.2, 0.25) is 0 Å². The molecule has 0 aliphatic carbocycles. The van der Waals surface area contributed by atoms with Gasteiger partial charge in [0, 0.05) is 48.7 Å². The molecule has 4 aromatic rings. The lowest BCUT2D eigenvalue weighted by Gasteiger charge is -2.30. The van der Waals surface area contributed by atoms with Crippen LogP contribution in [0.1, 0.15) is 69.8 Å². The topological polar surface area (TPSA) is 97.8 Å². The third-order valence-corrected chi connectivity index (χ3v) is 7.39. The smallest absolute Gasteiger partial charge is 0.389 e. The number of alkyl halides is 3. The van der Waals surface area contributed by atoms with Gasteiger partial charge in [-0.2, -0.15) is 13.2 Å². The van der Waals surface area contributed by atoms with Gasteiger partial charge in [0.2, 0.25) is 5.65 Å². The second-order valence-electron chi connectivity index (χ2n) is 10.2. The van der Waals surface area contributed by atoms with E-state index in [1.165, 1.54) is 0 Å². The predicted octanol–water partition coefficient (Wildman–Crippen LogP) is 6.60. The number of pyridine rings is 1. The van der Waals surface area contributed by atoms with Crippen LogP contribution in [0.5, 0.6) is 5.88 Å². The lowest BCUT2D eigenvalue weighted by atomic mass is 10.0. The molecule has 40 heavy (non-hydrogen) atoms. The first kappa shape index (κ1) is 27.7. The Kier molecular flexibility index (Phi) is 7.86. The maximum absolute atomic E-state index is 13.4. The number of nitrogens with one attached hydrogen (secondary N) is 1.